The number of benzene rings is 1. The number of carbonyl (C=O) groups excluding carboxylic acids is 1. The number of H-pyrrole nitrogens is 1. The lowest BCUT2D eigenvalue weighted by Gasteiger charge is -2.09. The number of hydrogen-bond acceptors (Lipinski definition) is 3. The highest BCUT2D eigenvalue weighted by Gasteiger charge is 2.31. The van der Waals surface area contributed by atoms with Crippen molar-refractivity contribution >= 4 is 11.7 Å². The lowest BCUT2D eigenvalue weighted by atomic mass is 10.2. The van der Waals surface area contributed by atoms with Crippen molar-refractivity contribution in [1.82, 2.24) is 10.2 Å². The molecule has 5 nitrogen and oxygen atoms in total. The van der Waals surface area contributed by atoms with Crippen molar-refractivity contribution in [2.75, 3.05) is 5.32 Å². The van der Waals surface area contributed by atoms with Gasteiger partial charge in [0.2, 0.25) is 0 Å². The van der Waals surface area contributed by atoms with E-state index in [-0.39, 0.29) is 11.3 Å². The molecule has 1 aromatic carbocycles. The first-order chi connectivity index (χ1) is 9.35. The molecule has 8 heteroatoms. The number of carbonyl (C=O) groups is 1. The summed E-state index contributed by atoms with van der Waals surface area (Å²) in [6.07, 6.45) is -3.22. The first kappa shape index (κ1) is 13.9. The van der Waals surface area contributed by atoms with Crippen molar-refractivity contribution in [2.24, 2.45) is 0 Å². The molecule has 20 heavy (non-hydrogen) atoms. The molecule has 0 fully saturated rings. The second kappa shape index (κ2) is 5.24. The molecule has 0 unspecified atom stereocenters. The predicted octanol–water partition coefficient (Wildman–Crippen LogP) is 2.87. The molecule has 0 saturated carbocycles. The molecule has 0 saturated heterocycles. The molecule has 0 bridgehead atoms. The zero-order chi connectivity index (χ0) is 14.8. The Labute approximate surface area is 111 Å². The summed E-state index contributed by atoms with van der Waals surface area (Å²) in [4.78, 5) is 11.8. The summed E-state index contributed by atoms with van der Waals surface area (Å²) in [5, 5.41) is 8.89. The average molecular weight is 285 g/mol. The minimum absolute atomic E-state index is 0.202. The first-order valence-electron chi connectivity index (χ1n) is 5.52. The SMILES string of the molecule is Cc1cn[nH]c1NC(=O)c1ccc(OC(F)(F)F)cc1. The van der Waals surface area contributed by atoms with Gasteiger partial charge in [0.25, 0.3) is 5.91 Å². The molecular formula is C12H10F3N3O2. The number of nitrogens with one attached hydrogen (secondary N) is 2. The Bertz CT molecular complexity index is 605. The molecule has 1 heterocycles. The fourth-order valence-electron chi connectivity index (χ4n) is 1.47. The second-order valence-electron chi connectivity index (χ2n) is 3.95. The second-order valence-corrected chi connectivity index (χ2v) is 3.95. The van der Waals surface area contributed by atoms with Crippen molar-refractivity contribution in [3.05, 3.63) is 41.6 Å². The van der Waals surface area contributed by atoms with Gasteiger partial charge in [0, 0.05) is 11.1 Å². The van der Waals surface area contributed by atoms with E-state index in [1.165, 1.54) is 18.3 Å². The van der Waals surface area contributed by atoms with Crippen LogP contribution in [-0.2, 0) is 0 Å². The number of ether oxygens (including phenoxy) is 1. The Morgan fingerprint density at radius 2 is 1.95 bits per heavy atom. The molecule has 1 aromatic heterocycles. The van der Waals surface area contributed by atoms with Crippen molar-refractivity contribution in [3.63, 3.8) is 0 Å². The van der Waals surface area contributed by atoms with Crippen LogP contribution in [0.3, 0.4) is 0 Å². The predicted molar refractivity (Wildman–Crippen MR) is 64.4 cm³/mol. The van der Waals surface area contributed by atoms with Gasteiger partial charge in [-0.15, -0.1) is 13.2 Å². The van der Waals surface area contributed by atoms with Crippen LogP contribution in [-0.4, -0.2) is 22.5 Å². The van der Waals surface area contributed by atoms with Crippen LogP contribution < -0.4 is 10.1 Å². The molecule has 2 rings (SSSR count). The smallest absolute Gasteiger partial charge is 0.406 e. The van der Waals surface area contributed by atoms with Crippen LogP contribution in [0.25, 0.3) is 0 Å². The Morgan fingerprint density at radius 1 is 1.30 bits per heavy atom. The van der Waals surface area contributed by atoms with Crippen molar-refractivity contribution < 1.29 is 22.7 Å². The molecule has 0 atom stereocenters. The summed E-state index contributed by atoms with van der Waals surface area (Å²) < 4.78 is 39.7. The maximum absolute atomic E-state index is 12.0. The number of rotatable bonds is 3. The first-order valence-corrected chi connectivity index (χ1v) is 5.52. The van der Waals surface area contributed by atoms with Crippen LogP contribution in [0, 0.1) is 6.92 Å². The van der Waals surface area contributed by atoms with E-state index in [0.717, 1.165) is 17.7 Å². The fourth-order valence-corrected chi connectivity index (χ4v) is 1.47. The third kappa shape index (κ3) is 3.50. The number of aromatic nitrogens is 2. The molecule has 0 aliphatic heterocycles. The number of nitrogens with zero attached hydrogens (tertiary/aromatic N) is 1. The maximum Gasteiger partial charge on any atom is 0.573 e. The van der Waals surface area contributed by atoms with Gasteiger partial charge in [-0.25, -0.2) is 0 Å². The number of aromatic amines is 1. The van der Waals surface area contributed by atoms with Gasteiger partial charge < -0.3 is 10.1 Å². The normalized spacial score (nSPS) is 11.2. The zero-order valence-electron chi connectivity index (χ0n) is 10.3. The van der Waals surface area contributed by atoms with E-state index in [4.69, 9.17) is 0 Å². The molecule has 0 aliphatic carbocycles. The van der Waals surface area contributed by atoms with Crippen LogP contribution in [0.15, 0.2) is 30.5 Å². The third-order valence-corrected chi connectivity index (χ3v) is 2.42. The van der Waals surface area contributed by atoms with E-state index >= 15 is 0 Å². The van der Waals surface area contributed by atoms with Crippen LogP contribution in [0.4, 0.5) is 19.0 Å². The van der Waals surface area contributed by atoms with Gasteiger partial charge in [0.1, 0.15) is 11.6 Å². The summed E-state index contributed by atoms with van der Waals surface area (Å²) in [6.45, 7) is 1.75. The Hall–Kier alpha value is -2.51. The quantitative estimate of drug-likeness (QED) is 0.911. The number of hydrogen-bond donors (Lipinski definition) is 2. The number of alkyl halides is 3. The molecule has 2 N–H and O–H groups in total. The van der Waals surface area contributed by atoms with Gasteiger partial charge in [0.15, 0.2) is 0 Å². The van der Waals surface area contributed by atoms with Crippen molar-refractivity contribution in [3.8, 4) is 5.75 Å². The Morgan fingerprint density at radius 3 is 2.45 bits per heavy atom. The lowest BCUT2D eigenvalue weighted by molar-refractivity contribution is -0.274. The minimum Gasteiger partial charge on any atom is -0.406 e. The standard InChI is InChI=1S/C12H10F3N3O2/c1-7-6-16-18-10(7)17-11(19)8-2-4-9(5-3-8)20-12(13,14)15/h2-6H,1H3,(H2,16,17,18,19). The van der Waals surface area contributed by atoms with Gasteiger partial charge >= 0.3 is 6.36 Å². The monoisotopic (exact) mass is 285 g/mol. The largest absolute Gasteiger partial charge is 0.573 e. The van der Waals surface area contributed by atoms with Gasteiger partial charge in [-0.1, -0.05) is 0 Å². The highest BCUT2D eigenvalue weighted by molar-refractivity contribution is 6.04. The lowest BCUT2D eigenvalue weighted by Crippen LogP contribution is -2.17. The number of anilines is 1. The molecular weight excluding hydrogens is 275 g/mol. The molecule has 106 valence electrons. The van der Waals surface area contributed by atoms with Crippen molar-refractivity contribution in [1.29, 1.82) is 0 Å². The summed E-state index contributed by atoms with van der Waals surface area (Å²) in [6, 6.07) is 4.62. The molecule has 0 radical (unpaired) electrons. The van der Waals surface area contributed by atoms with Gasteiger partial charge in [-0.3, -0.25) is 9.89 Å². The summed E-state index contributed by atoms with van der Waals surface area (Å²) >= 11 is 0. The number of aryl methyl sites for hydroxylation is 1. The van der Waals surface area contributed by atoms with Crippen LogP contribution >= 0.6 is 0 Å². The van der Waals surface area contributed by atoms with E-state index in [2.05, 4.69) is 20.3 Å². The van der Waals surface area contributed by atoms with Crippen LogP contribution in [0.5, 0.6) is 5.75 Å². The summed E-state index contributed by atoms with van der Waals surface area (Å²) in [5.41, 5.74) is 0.948. The third-order valence-electron chi connectivity index (χ3n) is 2.42. The van der Waals surface area contributed by atoms with Gasteiger partial charge in [0.05, 0.1) is 6.20 Å². The number of halogens is 3. The van der Waals surface area contributed by atoms with Gasteiger partial charge in [-0.2, -0.15) is 5.10 Å². The fraction of sp³-hybridized carbons (Fsp3) is 0.167. The number of amides is 1. The van der Waals surface area contributed by atoms with E-state index in [1.54, 1.807) is 6.92 Å². The Balaban J connectivity index is 2.06. The van der Waals surface area contributed by atoms with E-state index in [9.17, 15) is 18.0 Å². The minimum atomic E-state index is -4.75. The van der Waals surface area contributed by atoms with E-state index < -0.39 is 12.3 Å². The highest BCUT2D eigenvalue weighted by atomic mass is 19.4. The summed E-state index contributed by atoms with van der Waals surface area (Å²) in [7, 11) is 0. The summed E-state index contributed by atoms with van der Waals surface area (Å²) in [5.74, 6) is -0.409. The molecule has 2 aromatic rings. The molecule has 0 spiro atoms. The maximum atomic E-state index is 12.0. The zero-order valence-corrected chi connectivity index (χ0v) is 10.3. The topological polar surface area (TPSA) is 67.0 Å². The van der Waals surface area contributed by atoms with Crippen LogP contribution in [0.1, 0.15) is 15.9 Å². The van der Waals surface area contributed by atoms with E-state index in [0.29, 0.717) is 5.82 Å². The Kier molecular flexibility index (Phi) is 3.64. The van der Waals surface area contributed by atoms with Crippen molar-refractivity contribution in [2.45, 2.75) is 13.3 Å². The molecule has 1 amide bonds. The molecule has 0 aliphatic rings. The average Bonchev–Trinajstić information content (AvgIpc) is 2.74. The van der Waals surface area contributed by atoms with E-state index in [1.807, 2.05) is 0 Å². The van der Waals surface area contributed by atoms with Crippen LogP contribution in [0.2, 0.25) is 0 Å². The van der Waals surface area contributed by atoms with Gasteiger partial charge in [-0.05, 0) is 31.2 Å². The highest BCUT2D eigenvalue weighted by Crippen LogP contribution is 2.23.